The quantitative estimate of drug-likeness (QED) is 0.905. The summed E-state index contributed by atoms with van der Waals surface area (Å²) in [7, 11) is -3.59. The van der Waals surface area contributed by atoms with E-state index in [-0.39, 0.29) is 10.6 Å². The largest absolute Gasteiger partial charge is 0.508 e. The fourth-order valence-corrected chi connectivity index (χ4v) is 3.55. The predicted octanol–water partition coefficient (Wildman–Crippen LogP) is 3.01. The lowest BCUT2D eigenvalue weighted by Gasteiger charge is -2.20. The molecule has 23 heavy (non-hydrogen) atoms. The molecule has 0 aliphatic carbocycles. The summed E-state index contributed by atoms with van der Waals surface area (Å²) in [4.78, 5) is 0.164. The summed E-state index contributed by atoms with van der Waals surface area (Å²) >= 11 is 0. The highest BCUT2D eigenvalue weighted by atomic mass is 32.2. The molecule has 0 radical (unpaired) electrons. The molecule has 6 heteroatoms. The molecule has 0 saturated carbocycles. The topological polar surface area (TPSA) is 90.2 Å². The van der Waals surface area contributed by atoms with E-state index < -0.39 is 15.6 Å². The number of nitrogens with zero attached hydrogens (tertiary/aromatic N) is 1. The molecular weight excluding hydrogens is 312 g/mol. The minimum atomic E-state index is -3.59. The summed E-state index contributed by atoms with van der Waals surface area (Å²) in [6, 6.07) is 12.8. The van der Waals surface area contributed by atoms with Crippen LogP contribution in [0.3, 0.4) is 0 Å². The number of nitriles is 1. The van der Waals surface area contributed by atoms with Crippen LogP contribution in [-0.4, -0.2) is 19.1 Å². The van der Waals surface area contributed by atoms with E-state index in [9.17, 15) is 13.5 Å². The lowest BCUT2D eigenvalue weighted by molar-refractivity contribution is 0.475. The van der Waals surface area contributed by atoms with Gasteiger partial charge in [0, 0.05) is 5.54 Å². The van der Waals surface area contributed by atoms with Crippen molar-refractivity contribution in [3.8, 4) is 22.9 Å². The van der Waals surface area contributed by atoms with Crippen LogP contribution in [0.15, 0.2) is 47.4 Å². The molecule has 2 aromatic rings. The van der Waals surface area contributed by atoms with Crippen molar-refractivity contribution >= 4 is 10.0 Å². The first-order chi connectivity index (χ1) is 10.6. The second-order valence-corrected chi connectivity index (χ2v) is 7.94. The van der Waals surface area contributed by atoms with Crippen molar-refractivity contribution in [2.75, 3.05) is 0 Å². The fraction of sp³-hybridized carbons (Fsp3) is 0.235. The van der Waals surface area contributed by atoms with Gasteiger partial charge in [0.25, 0.3) is 0 Å². The Morgan fingerprint density at radius 1 is 1.04 bits per heavy atom. The highest BCUT2D eigenvalue weighted by molar-refractivity contribution is 7.89. The van der Waals surface area contributed by atoms with Crippen molar-refractivity contribution in [3.63, 3.8) is 0 Å². The van der Waals surface area contributed by atoms with Crippen LogP contribution in [-0.2, 0) is 10.0 Å². The Labute approximate surface area is 136 Å². The van der Waals surface area contributed by atoms with Gasteiger partial charge in [0.05, 0.1) is 16.5 Å². The summed E-state index contributed by atoms with van der Waals surface area (Å²) < 4.78 is 27.1. The van der Waals surface area contributed by atoms with Gasteiger partial charge in [0.2, 0.25) is 10.0 Å². The molecule has 2 N–H and O–H groups in total. The van der Waals surface area contributed by atoms with Gasteiger partial charge in [0.15, 0.2) is 0 Å². The maximum absolute atomic E-state index is 12.3. The average molecular weight is 330 g/mol. The molecule has 0 saturated heterocycles. The fourth-order valence-electron chi connectivity index (χ4n) is 2.13. The van der Waals surface area contributed by atoms with Gasteiger partial charge in [-0.3, -0.25) is 0 Å². The van der Waals surface area contributed by atoms with Gasteiger partial charge in [0.1, 0.15) is 5.75 Å². The zero-order valence-corrected chi connectivity index (χ0v) is 14.0. The molecule has 0 aromatic heterocycles. The van der Waals surface area contributed by atoms with E-state index in [1.807, 2.05) is 6.07 Å². The summed E-state index contributed by atoms with van der Waals surface area (Å²) in [6.07, 6.45) is 0. The molecule has 0 spiro atoms. The summed E-state index contributed by atoms with van der Waals surface area (Å²) in [5.41, 5.74) is 1.14. The molecule has 0 bridgehead atoms. The van der Waals surface area contributed by atoms with Crippen LogP contribution in [0.1, 0.15) is 26.3 Å². The number of hydrogen-bond acceptors (Lipinski definition) is 4. The van der Waals surface area contributed by atoms with Gasteiger partial charge < -0.3 is 5.11 Å². The molecule has 0 fully saturated rings. The molecule has 0 aliphatic rings. The molecule has 0 unspecified atom stereocenters. The van der Waals surface area contributed by atoms with Gasteiger partial charge in [-0.05, 0) is 62.2 Å². The molecule has 2 aromatic carbocycles. The Balaban J connectivity index is 2.37. The smallest absolute Gasteiger partial charge is 0.241 e. The van der Waals surface area contributed by atoms with E-state index in [4.69, 9.17) is 5.26 Å². The molecular formula is C17H18N2O3S. The number of phenolic OH excluding ortho intramolecular Hbond substituents is 1. The first kappa shape index (κ1) is 17.0. The number of aromatic hydroxyl groups is 1. The van der Waals surface area contributed by atoms with Crippen LogP contribution >= 0.6 is 0 Å². The normalized spacial score (nSPS) is 11.9. The monoisotopic (exact) mass is 330 g/mol. The third kappa shape index (κ3) is 4.31. The van der Waals surface area contributed by atoms with E-state index in [1.54, 1.807) is 39.0 Å². The van der Waals surface area contributed by atoms with Gasteiger partial charge in [-0.15, -0.1) is 0 Å². The van der Waals surface area contributed by atoms with Crippen LogP contribution in [0.4, 0.5) is 0 Å². The molecule has 0 aliphatic heterocycles. The minimum absolute atomic E-state index is 0.00912. The number of nitrogens with one attached hydrogen (secondary N) is 1. The number of benzene rings is 2. The van der Waals surface area contributed by atoms with E-state index in [2.05, 4.69) is 4.72 Å². The van der Waals surface area contributed by atoms with Crippen molar-refractivity contribution in [2.45, 2.75) is 31.2 Å². The van der Waals surface area contributed by atoms with Crippen molar-refractivity contribution in [2.24, 2.45) is 0 Å². The number of sulfonamides is 1. The van der Waals surface area contributed by atoms with Crippen LogP contribution < -0.4 is 4.72 Å². The van der Waals surface area contributed by atoms with Gasteiger partial charge in [-0.1, -0.05) is 12.1 Å². The second-order valence-electron chi connectivity index (χ2n) is 6.26. The van der Waals surface area contributed by atoms with E-state index >= 15 is 0 Å². The standard InChI is InChI=1S/C17H18N2O3S/c1-17(2,3)19-23(21,22)16-6-4-13(5-7-16)14-8-12(11-18)9-15(20)10-14/h4-10,19-20H,1-3H3. The maximum atomic E-state index is 12.3. The van der Waals surface area contributed by atoms with Gasteiger partial charge in [-0.25, -0.2) is 13.1 Å². The van der Waals surface area contributed by atoms with E-state index in [0.717, 1.165) is 0 Å². The average Bonchev–Trinajstić information content (AvgIpc) is 2.44. The van der Waals surface area contributed by atoms with Crippen LogP contribution in [0.25, 0.3) is 11.1 Å². The summed E-state index contributed by atoms with van der Waals surface area (Å²) in [5.74, 6) is -0.00912. The number of hydrogen-bond donors (Lipinski definition) is 2. The molecule has 2 rings (SSSR count). The first-order valence-corrected chi connectivity index (χ1v) is 8.48. The molecule has 120 valence electrons. The van der Waals surface area contributed by atoms with E-state index in [1.165, 1.54) is 24.3 Å². The second kappa shape index (κ2) is 6.03. The van der Waals surface area contributed by atoms with Crippen molar-refractivity contribution in [1.82, 2.24) is 4.72 Å². The SMILES string of the molecule is CC(C)(C)NS(=O)(=O)c1ccc(-c2cc(O)cc(C#N)c2)cc1. The minimum Gasteiger partial charge on any atom is -0.508 e. The Bertz CT molecular complexity index is 858. The highest BCUT2D eigenvalue weighted by Crippen LogP contribution is 2.26. The van der Waals surface area contributed by atoms with E-state index in [0.29, 0.717) is 16.7 Å². The summed E-state index contributed by atoms with van der Waals surface area (Å²) in [6.45, 7) is 5.32. The molecule has 5 nitrogen and oxygen atoms in total. The lowest BCUT2D eigenvalue weighted by atomic mass is 10.0. The zero-order chi connectivity index (χ0) is 17.3. The highest BCUT2D eigenvalue weighted by Gasteiger charge is 2.21. The molecule has 0 amide bonds. The summed E-state index contributed by atoms with van der Waals surface area (Å²) in [5, 5.41) is 18.6. The van der Waals surface area contributed by atoms with Crippen LogP contribution in [0.2, 0.25) is 0 Å². The Hall–Kier alpha value is -2.36. The molecule has 0 atom stereocenters. The number of phenols is 1. The van der Waals surface area contributed by atoms with Crippen molar-refractivity contribution < 1.29 is 13.5 Å². The van der Waals surface area contributed by atoms with Crippen LogP contribution in [0, 0.1) is 11.3 Å². The van der Waals surface area contributed by atoms with Gasteiger partial charge in [-0.2, -0.15) is 5.26 Å². The first-order valence-electron chi connectivity index (χ1n) is 6.99. The Morgan fingerprint density at radius 3 is 2.17 bits per heavy atom. The Kier molecular flexibility index (Phi) is 4.46. The third-order valence-electron chi connectivity index (χ3n) is 2.99. The molecule has 0 heterocycles. The zero-order valence-electron chi connectivity index (χ0n) is 13.2. The predicted molar refractivity (Wildman–Crippen MR) is 88.3 cm³/mol. The van der Waals surface area contributed by atoms with Crippen molar-refractivity contribution in [3.05, 3.63) is 48.0 Å². The van der Waals surface area contributed by atoms with Crippen LogP contribution in [0.5, 0.6) is 5.75 Å². The van der Waals surface area contributed by atoms with Gasteiger partial charge >= 0.3 is 0 Å². The maximum Gasteiger partial charge on any atom is 0.241 e. The number of rotatable bonds is 3. The lowest BCUT2D eigenvalue weighted by Crippen LogP contribution is -2.40. The third-order valence-corrected chi connectivity index (χ3v) is 4.76. The Morgan fingerprint density at radius 2 is 1.65 bits per heavy atom. The van der Waals surface area contributed by atoms with Crippen molar-refractivity contribution in [1.29, 1.82) is 5.26 Å².